The molecule has 178 valence electrons. The van der Waals surface area contributed by atoms with Crippen LogP contribution < -0.4 is 19.3 Å². The molecule has 0 aliphatic heterocycles. The van der Waals surface area contributed by atoms with Gasteiger partial charge in [-0.25, -0.2) is 0 Å². The number of amides is 1. The fourth-order valence-electron chi connectivity index (χ4n) is 2.69. The number of aliphatic carboxylic acids is 1. The van der Waals surface area contributed by atoms with Crippen LogP contribution in [0.3, 0.4) is 0 Å². The van der Waals surface area contributed by atoms with E-state index in [1.807, 2.05) is 45.2 Å². The SMILES string of the molecule is NCC(=O)C(NC(Cc1cc(I)c(Oc2cc(I)c(O)c(I)c2)c(I)c1)C(=O)O)C(=O)NI. The zero-order chi connectivity index (χ0) is 24.9. The van der Waals surface area contributed by atoms with E-state index in [0.29, 0.717) is 24.2 Å². The summed E-state index contributed by atoms with van der Waals surface area (Å²) in [6.45, 7) is -0.398. The number of halogens is 5. The van der Waals surface area contributed by atoms with Crippen LogP contribution in [0.1, 0.15) is 5.56 Å². The lowest BCUT2D eigenvalue weighted by Gasteiger charge is -2.21. The number of rotatable bonds is 10. The molecule has 0 aliphatic rings. The molecule has 0 radical (unpaired) electrons. The summed E-state index contributed by atoms with van der Waals surface area (Å²) < 4.78 is 11.2. The summed E-state index contributed by atoms with van der Waals surface area (Å²) in [4.78, 5) is 35.9. The van der Waals surface area contributed by atoms with E-state index in [4.69, 9.17) is 10.5 Å². The Morgan fingerprint density at radius 2 is 1.55 bits per heavy atom. The molecule has 2 aromatic rings. The van der Waals surface area contributed by atoms with Gasteiger partial charge in [-0.15, -0.1) is 0 Å². The van der Waals surface area contributed by atoms with Crippen LogP contribution >= 0.6 is 113 Å². The highest BCUT2D eigenvalue weighted by atomic mass is 127. The lowest BCUT2D eigenvalue weighted by Crippen LogP contribution is -2.55. The average molecular weight is 1020 g/mol. The highest BCUT2D eigenvalue weighted by molar-refractivity contribution is 14.1. The quantitative estimate of drug-likeness (QED) is 0.138. The highest BCUT2D eigenvalue weighted by Crippen LogP contribution is 2.37. The van der Waals surface area contributed by atoms with Gasteiger partial charge in [-0.2, -0.15) is 0 Å². The van der Waals surface area contributed by atoms with E-state index in [2.05, 4.69) is 54.0 Å². The lowest BCUT2D eigenvalue weighted by atomic mass is 10.0. The number of hydrogen-bond acceptors (Lipinski definition) is 7. The molecule has 0 saturated carbocycles. The number of nitrogens with one attached hydrogen (secondary N) is 2. The number of phenols is 1. The first-order valence-electron chi connectivity index (χ1n) is 8.94. The van der Waals surface area contributed by atoms with Gasteiger partial charge >= 0.3 is 5.97 Å². The number of carbonyl (C=O) groups excluding carboxylic acids is 2. The molecule has 0 saturated heterocycles. The summed E-state index contributed by atoms with van der Waals surface area (Å²) in [5.41, 5.74) is 6.05. The maximum Gasteiger partial charge on any atom is 0.321 e. The van der Waals surface area contributed by atoms with Crippen molar-refractivity contribution in [1.29, 1.82) is 0 Å². The van der Waals surface area contributed by atoms with Gasteiger partial charge in [0.1, 0.15) is 23.6 Å². The number of aromatic hydroxyl groups is 1. The summed E-state index contributed by atoms with van der Waals surface area (Å²) in [6.07, 6.45) is 0.0273. The van der Waals surface area contributed by atoms with Crippen LogP contribution in [0.5, 0.6) is 17.2 Å². The van der Waals surface area contributed by atoms with Gasteiger partial charge in [0.15, 0.2) is 11.5 Å². The van der Waals surface area contributed by atoms with Crippen LogP contribution in [-0.2, 0) is 20.8 Å². The minimum atomic E-state index is -1.37. The molecule has 0 fully saturated rings. The normalized spacial score (nSPS) is 12.7. The van der Waals surface area contributed by atoms with Crippen molar-refractivity contribution in [1.82, 2.24) is 8.85 Å². The van der Waals surface area contributed by atoms with Crippen LogP contribution in [0, 0.1) is 14.3 Å². The summed E-state index contributed by atoms with van der Waals surface area (Å²) in [5, 5.41) is 22.2. The van der Waals surface area contributed by atoms with Crippen molar-refractivity contribution < 1.29 is 29.3 Å². The van der Waals surface area contributed by atoms with Gasteiger partial charge in [0.2, 0.25) is 0 Å². The molecule has 0 heterocycles. The Labute approximate surface area is 257 Å². The lowest BCUT2D eigenvalue weighted by molar-refractivity contribution is -0.140. The number of benzene rings is 2. The van der Waals surface area contributed by atoms with Gasteiger partial charge in [-0.3, -0.25) is 23.2 Å². The van der Waals surface area contributed by atoms with Crippen molar-refractivity contribution in [2.24, 2.45) is 5.73 Å². The Bertz CT molecular complexity index is 1020. The molecule has 2 unspecified atom stereocenters. The van der Waals surface area contributed by atoms with Crippen LogP contribution in [0.25, 0.3) is 0 Å². The van der Waals surface area contributed by atoms with Gasteiger partial charge in [0, 0.05) is 0 Å². The summed E-state index contributed by atoms with van der Waals surface area (Å²) in [5.74, 6) is -1.13. The summed E-state index contributed by atoms with van der Waals surface area (Å²) >= 11 is 9.82. The van der Waals surface area contributed by atoms with Crippen molar-refractivity contribution in [2.45, 2.75) is 18.5 Å². The first-order chi connectivity index (χ1) is 15.5. The minimum Gasteiger partial charge on any atom is -0.506 e. The molecular weight excluding hydrogens is 1000 g/mol. The predicted molar refractivity (Wildman–Crippen MR) is 164 cm³/mol. The molecule has 9 nitrogen and oxygen atoms in total. The number of Topliss-reactive ketones (excluding diaryl/α,β-unsaturated/α-hetero) is 1. The molecular formula is C19H16I5N3O6. The van der Waals surface area contributed by atoms with Gasteiger partial charge in [-0.1, -0.05) is 0 Å². The van der Waals surface area contributed by atoms with Crippen molar-refractivity contribution >= 4 is 131 Å². The van der Waals surface area contributed by atoms with E-state index in [1.165, 1.54) is 0 Å². The Morgan fingerprint density at radius 1 is 1.00 bits per heavy atom. The second kappa shape index (κ2) is 13.5. The molecule has 0 aliphatic carbocycles. The van der Waals surface area contributed by atoms with Gasteiger partial charge in [0.25, 0.3) is 5.91 Å². The van der Waals surface area contributed by atoms with Crippen molar-refractivity contribution in [3.63, 3.8) is 0 Å². The van der Waals surface area contributed by atoms with Crippen LogP contribution in [0.4, 0.5) is 0 Å². The Kier molecular flexibility index (Phi) is 12.1. The smallest absolute Gasteiger partial charge is 0.321 e. The van der Waals surface area contributed by atoms with Gasteiger partial charge in [-0.05, 0) is 127 Å². The maximum atomic E-state index is 12.0. The van der Waals surface area contributed by atoms with Crippen molar-refractivity contribution in [3.8, 4) is 17.2 Å². The molecule has 2 atom stereocenters. The van der Waals surface area contributed by atoms with E-state index < -0.39 is 36.3 Å². The third-order valence-corrected chi connectivity index (χ3v) is 8.03. The number of carboxylic acids is 1. The van der Waals surface area contributed by atoms with E-state index >= 15 is 0 Å². The number of nitrogens with two attached hydrogens (primary N) is 1. The Morgan fingerprint density at radius 3 is 2.00 bits per heavy atom. The number of hydrogen-bond donors (Lipinski definition) is 5. The van der Waals surface area contributed by atoms with Crippen molar-refractivity contribution in [2.75, 3.05) is 6.54 Å². The molecule has 2 rings (SSSR count). The van der Waals surface area contributed by atoms with E-state index in [0.717, 1.165) is 7.14 Å². The van der Waals surface area contributed by atoms with Crippen LogP contribution in [-0.4, -0.2) is 46.5 Å². The van der Waals surface area contributed by atoms with E-state index in [9.17, 15) is 24.6 Å². The average Bonchev–Trinajstić information content (AvgIpc) is 2.76. The van der Waals surface area contributed by atoms with Gasteiger partial charge in [0.05, 0.1) is 43.7 Å². The molecule has 1 amide bonds. The first kappa shape index (κ1) is 29.5. The number of ketones is 1. The summed E-state index contributed by atoms with van der Waals surface area (Å²) in [6, 6.07) is 4.44. The highest BCUT2D eigenvalue weighted by Gasteiger charge is 2.31. The number of ether oxygens (including phenoxy) is 1. The number of carbonyl (C=O) groups is 3. The minimum absolute atomic E-state index is 0.0273. The van der Waals surface area contributed by atoms with Crippen LogP contribution in [0.15, 0.2) is 24.3 Å². The molecule has 0 aromatic heterocycles. The van der Waals surface area contributed by atoms with Crippen LogP contribution in [0.2, 0.25) is 0 Å². The number of phenolic OH excluding ortho intramolecular Hbond substituents is 1. The second-order valence-corrected chi connectivity index (χ2v) is 11.7. The molecule has 14 heteroatoms. The predicted octanol–water partition coefficient (Wildman–Crippen LogP) is 3.55. The summed E-state index contributed by atoms with van der Waals surface area (Å²) in [7, 11) is 0. The monoisotopic (exact) mass is 1020 g/mol. The zero-order valence-corrected chi connectivity index (χ0v) is 27.2. The zero-order valence-electron chi connectivity index (χ0n) is 16.4. The maximum absolute atomic E-state index is 12.0. The molecule has 33 heavy (non-hydrogen) atoms. The molecule has 0 spiro atoms. The third kappa shape index (κ3) is 8.11. The fraction of sp³-hybridized carbons (Fsp3) is 0.211. The Hall–Kier alpha value is 0.220. The largest absolute Gasteiger partial charge is 0.506 e. The standard InChI is InChI=1S/C19H16I5N3O6/c20-9-4-8(5-10(21)16(9)29)33-17-11(22)1-7(2-12(17)23)3-13(19(31)32)26-15(14(28)6-25)18(30)27-24/h1-2,4-5,13,15,26,29H,3,6,25H2,(H,27,30)(H,31,32). The topological polar surface area (TPSA) is 151 Å². The van der Waals surface area contributed by atoms with E-state index in [1.54, 1.807) is 47.1 Å². The second-order valence-electron chi connectivity index (χ2n) is 6.55. The third-order valence-electron chi connectivity index (χ3n) is 4.25. The fourth-order valence-corrected chi connectivity index (χ4v) is 6.83. The molecule has 0 bridgehead atoms. The first-order valence-corrected chi connectivity index (χ1v) is 14.3. The molecule has 6 N–H and O–H groups in total. The van der Waals surface area contributed by atoms with Crippen molar-refractivity contribution in [3.05, 3.63) is 44.1 Å². The van der Waals surface area contributed by atoms with Gasteiger partial charge < -0.3 is 20.7 Å². The number of carboxylic acid groups (broad SMARTS) is 1. The molecule has 2 aromatic carbocycles. The Balaban J connectivity index is 2.29. The van der Waals surface area contributed by atoms with E-state index in [-0.39, 0.29) is 12.2 Å².